The van der Waals surface area contributed by atoms with Crippen molar-refractivity contribution in [2.75, 3.05) is 5.32 Å². The van der Waals surface area contributed by atoms with Gasteiger partial charge in [0.2, 0.25) is 0 Å². The molecule has 1 N–H and O–H groups in total. The molecular weight excluding hydrogens is 296 g/mol. The van der Waals surface area contributed by atoms with Crippen LogP contribution in [0.4, 0.5) is 11.4 Å². The van der Waals surface area contributed by atoms with E-state index >= 15 is 0 Å². The minimum absolute atomic E-state index is 0.125. The number of benzene rings is 1. The monoisotopic (exact) mass is 312 g/mol. The molecule has 0 aliphatic heterocycles. The van der Waals surface area contributed by atoms with Crippen LogP contribution in [-0.2, 0) is 0 Å². The van der Waals surface area contributed by atoms with Crippen LogP contribution >= 0.6 is 15.9 Å². The summed E-state index contributed by atoms with van der Waals surface area (Å²) in [7, 11) is 0. The molecule has 5 heteroatoms. The summed E-state index contributed by atoms with van der Waals surface area (Å²) in [6, 6.07) is 5.26. The van der Waals surface area contributed by atoms with Crippen LogP contribution in [0.15, 0.2) is 22.7 Å². The van der Waals surface area contributed by atoms with Crippen LogP contribution in [0, 0.1) is 22.0 Å². The van der Waals surface area contributed by atoms with Gasteiger partial charge in [0, 0.05) is 22.6 Å². The van der Waals surface area contributed by atoms with Gasteiger partial charge in [-0.3, -0.25) is 10.1 Å². The highest BCUT2D eigenvalue weighted by Gasteiger charge is 2.31. The zero-order valence-corrected chi connectivity index (χ0v) is 12.1. The molecular formula is C13H17BrN2O2. The lowest BCUT2D eigenvalue weighted by molar-refractivity contribution is -0.384. The maximum atomic E-state index is 10.7. The normalized spacial score (nSPS) is 22.7. The number of non-ortho nitro benzene ring substituents is 1. The number of halogens is 1. The SMILES string of the molecule is CC(C)C1CC(Nc2cc([N+](=O)[O-])ccc2Br)C1. The Hall–Kier alpha value is -1.10. The van der Waals surface area contributed by atoms with Gasteiger partial charge in [-0.1, -0.05) is 13.8 Å². The molecule has 0 spiro atoms. The fourth-order valence-corrected chi connectivity index (χ4v) is 2.64. The predicted molar refractivity (Wildman–Crippen MR) is 75.8 cm³/mol. The van der Waals surface area contributed by atoms with Crippen LogP contribution in [0.2, 0.25) is 0 Å². The molecule has 0 saturated heterocycles. The molecule has 1 aliphatic carbocycles. The maximum Gasteiger partial charge on any atom is 0.271 e. The van der Waals surface area contributed by atoms with Crippen molar-refractivity contribution in [3.63, 3.8) is 0 Å². The maximum absolute atomic E-state index is 10.7. The minimum Gasteiger partial charge on any atom is -0.381 e. The first-order valence-corrected chi connectivity index (χ1v) is 6.97. The Kier molecular flexibility index (Phi) is 3.90. The van der Waals surface area contributed by atoms with E-state index < -0.39 is 0 Å². The molecule has 1 aromatic carbocycles. The van der Waals surface area contributed by atoms with E-state index in [0.717, 1.165) is 34.8 Å². The van der Waals surface area contributed by atoms with Gasteiger partial charge in [-0.15, -0.1) is 0 Å². The standard InChI is InChI=1S/C13H17BrN2O2/c1-8(2)9-5-10(6-9)15-13-7-11(16(17)18)3-4-12(13)14/h3-4,7-10,15H,5-6H2,1-2H3. The highest BCUT2D eigenvalue weighted by molar-refractivity contribution is 9.10. The van der Waals surface area contributed by atoms with E-state index in [-0.39, 0.29) is 10.6 Å². The van der Waals surface area contributed by atoms with Gasteiger partial charge in [-0.25, -0.2) is 0 Å². The Labute approximate surface area is 115 Å². The van der Waals surface area contributed by atoms with Gasteiger partial charge in [0.25, 0.3) is 5.69 Å². The third-order valence-corrected chi connectivity index (χ3v) is 4.33. The summed E-state index contributed by atoms with van der Waals surface area (Å²) in [6.45, 7) is 4.48. The summed E-state index contributed by atoms with van der Waals surface area (Å²) in [5, 5.41) is 14.1. The largest absolute Gasteiger partial charge is 0.381 e. The first-order chi connectivity index (χ1) is 8.47. The second kappa shape index (κ2) is 5.26. The smallest absolute Gasteiger partial charge is 0.271 e. The number of nitrogens with zero attached hydrogens (tertiary/aromatic N) is 1. The van der Waals surface area contributed by atoms with Gasteiger partial charge < -0.3 is 5.32 Å². The van der Waals surface area contributed by atoms with Crippen LogP contribution in [0.25, 0.3) is 0 Å². The van der Waals surface area contributed by atoms with Crippen LogP contribution in [-0.4, -0.2) is 11.0 Å². The molecule has 1 saturated carbocycles. The summed E-state index contributed by atoms with van der Waals surface area (Å²) in [6.07, 6.45) is 2.29. The molecule has 1 fully saturated rings. The van der Waals surface area contributed by atoms with Gasteiger partial charge in [-0.05, 0) is 46.7 Å². The Bertz CT molecular complexity index is 456. The number of hydrogen-bond acceptors (Lipinski definition) is 3. The molecule has 98 valence electrons. The van der Waals surface area contributed by atoms with Crippen molar-refractivity contribution in [3.8, 4) is 0 Å². The van der Waals surface area contributed by atoms with Crippen LogP contribution in [0.5, 0.6) is 0 Å². The molecule has 0 unspecified atom stereocenters. The minimum atomic E-state index is -0.366. The van der Waals surface area contributed by atoms with Gasteiger partial charge >= 0.3 is 0 Å². The Morgan fingerprint density at radius 2 is 2.11 bits per heavy atom. The van der Waals surface area contributed by atoms with E-state index in [0.29, 0.717) is 6.04 Å². The second-order valence-corrected chi connectivity index (χ2v) is 6.09. The number of anilines is 1. The molecule has 4 nitrogen and oxygen atoms in total. The number of nitro groups is 1. The van der Waals surface area contributed by atoms with E-state index in [4.69, 9.17) is 0 Å². The lowest BCUT2D eigenvalue weighted by Crippen LogP contribution is -2.37. The van der Waals surface area contributed by atoms with E-state index in [1.165, 1.54) is 6.07 Å². The van der Waals surface area contributed by atoms with Crippen molar-refractivity contribution in [1.29, 1.82) is 0 Å². The zero-order valence-electron chi connectivity index (χ0n) is 10.5. The number of nitro benzene ring substituents is 1. The number of nitrogens with one attached hydrogen (secondary N) is 1. The van der Waals surface area contributed by atoms with Gasteiger partial charge in [0.05, 0.1) is 10.6 Å². The second-order valence-electron chi connectivity index (χ2n) is 5.24. The molecule has 2 rings (SSSR count). The zero-order chi connectivity index (χ0) is 13.3. The topological polar surface area (TPSA) is 55.2 Å². The highest BCUT2D eigenvalue weighted by atomic mass is 79.9. The van der Waals surface area contributed by atoms with Crippen molar-refractivity contribution in [3.05, 3.63) is 32.8 Å². The predicted octanol–water partition coefficient (Wildman–Crippen LogP) is 4.20. The Balaban J connectivity index is 2.02. The highest BCUT2D eigenvalue weighted by Crippen LogP contribution is 2.37. The van der Waals surface area contributed by atoms with E-state index in [9.17, 15) is 10.1 Å². The summed E-state index contributed by atoms with van der Waals surface area (Å²) in [5.74, 6) is 1.50. The van der Waals surface area contributed by atoms with Crippen LogP contribution in [0.1, 0.15) is 26.7 Å². The molecule has 0 bridgehead atoms. The fraction of sp³-hybridized carbons (Fsp3) is 0.538. The fourth-order valence-electron chi connectivity index (χ4n) is 2.28. The van der Waals surface area contributed by atoms with Gasteiger partial charge in [0.1, 0.15) is 0 Å². The molecule has 0 amide bonds. The lowest BCUT2D eigenvalue weighted by Gasteiger charge is -2.39. The first kappa shape index (κ1) is 13.3. The molecule has 18 heavy (non-hydrogen) atoms. The van der Waals surface area contributed by atoms with E-state index in [1.54, 1.807) is 12.1 Å². The summed E-state index contributed by atoms with van der Waals surface area (Å²) in [5.41, 5.74) is 0.942. The van der Waals surface area contributed by atoms with Crippen molar-refractivity contribution in [1.82, 2.24) is 0 Å². The van der Waals surface area contributed by atoms with Crippen LogP contribution < -0.4 is 5.32 Å². The quantitative estimate of drug-likeness (QED) is 0.669. The molecule has 0 heterocycles. The summed E-state index contributed by atoms with van der Waals surface area (Å²) >= 11 is 3.42. The van der Waals surface area contributed by atoms with E-state index in [2.05, 4.69) is 35.1 Å². The van der Waals surface area contributed by atoms with Crippen LogP contribution in [0.3, 0.4) is 0 Å². The average Bonchev–Trinajstić information content (AvgIpc) is 2.23. The molecule has 0 aromatic heterocycles. The Morgan fingerprint density at radius 3 is 2.67 bits per heavy atom. The molecule has 0 atom stereocenters. The molecule has 1 aromatic rings. The summed E-state index contributed by atoms with van der Waals surface area (Å²) in [4.78, 5) is 10.4. The molecule has 1 aliphatic rings. The van der Waals surface area contributed by atoms with Crippen molar-refractivity contribution in [2.24, 2.45) is 11.8 Å². The van der Waals surface area contributed by atoms with Gasteiger partial charge in [0.15, 0.2) is 0 Å². The first-order valence-electron chi connectivity index (χ1n) is 6.18. The third-order valence-electron chi connectivity index (χ3n) is 3.64. The Morgan fingerprint density at radius 1 is 1.44 bits per heavy atom. The average molecular weight is 313 g/mol. The van der Waals surface area contributed by atoms with Crippen molar-refractivity contribution in [2.45, 2.75) is 32.7 Å². The van der Waals surface area contributed by atoms with Crippen molar-refractivity contribution < 1.29 is 4.92 Å². The van der Waals surface area contributed by atoms with Gasteiger partial charge in [-0.2, -0.15) is 0 Å². The summed E-state index contributed by atoms with van der Waals surface area (Å²) < 4.78 is 0.876. The third kappa shape index (κ3) is 2.83. The molecule has 0 radical (unpaired) electrons. The number of hydrogen-bond donors (Lipinski definition) is 1. The number of rotatable bonds is 4. The lowest BCUT2D eigenvalue weighted by atomic mass is 9.73. The van der Waals surface area contributed by atoms with E-state index in [1.807, 2.05) is 0 Å². The van der Waals surface area contributed by atoms with Crippen molar-refractivity contribution >= 4 is 27.3 Å².